The van der Waals surface area contributed by atoms with Gasteiger partial charge in [-0.25, -0.2) is 4.21 Å². The van der Waals surface area contributed by atoms with E-state index < -0.39 is 11.1 Å². The van der Waals surface area contributed by atoms with Crippen LogP contribution < -0.4 is 4.74 Å². The lowest BCUT2D eigenvalue weighted by Gasteiger charge is -2.09. The van der Waals surface area contributed by atoms with Crippen molar-refractivity contribution >= 4 is 34.3 Å². The first-order valence-electron chi connectivity index (χ1n) is 5.26. The summed E-state index contributed by atoms with van der Waals surface area (Å²) in [5, 5.41) is 1.01. The maximum atomic E-state index is 11.3. The van der Waals surface area contributed by atoms with E-state index in [9.17, 15) is 8.76 Å². The van der Waals surface area contributed by atoms with Crippen molar-refractivity contribution in [3.63, 3.8) is 0 Å². The number of benzene rings is 2. The van der Waals surface area contributed by atoms with Gasteiger partial charge in [0.2, 0.25) is 0 Å². The largest absolute Gasteiger partial charge is 0.495 e. The first-order valence-corrected chi connectivity index (χ1v) is 7.13. The lowest BCUT2D eigenvalue weighted by atomic mass is 10.1. The van der Waals surface area contributed by atoms with Crippen LogP contribution in [0.15, 0.2) is 41.3 Å². The summed E-state index contributed by atoms with van der Waals surface area (Å²) >= 11 is 9.76. The van der Waals surface area contributed by atoms with Gasteiger partial charge in [-0.3, -0.25) is 0 Å². The molecule has 2 aromatic carbocycles. The van der Waals surface area contributed by atoms with E-state index in [1.807, 2.05) is 0 Å². The summed E-state index contributed by atoms with van der Waals surface area (Å²) in [6.45, 7) is 0. The zero-order valence-electron chi connectivity index (χ0n) is 9.89. The number of methoxy groups -OCH3 is 1. The number of rotatable bonds is 3. The minimum absolute atomic E-state index is 0.205. The molecule has 1 unspecified atom stereocenters. The van der Waals surface area contributed by atoms with Crippen LogP contribution in [0.25, 0.3) is 11.1 Å². The van der Waals surface area contributed by atoms with Crippen molar-refractivity contribution in [3.8, 4) is 16.9 Å². The van der Waals surface area contributed by atoms with Crippen LogP contribution in [-0.2, 0) is 11.1 Å². The van der Waals surface area contributed by atoms with Crippen molar-refractivity contribution in [2.24, 2.45) is 0 Å². The lowest BCUT2D eigenvalue weighted by Crippen LogP contribution is -1.95. The van der Waals surface area contributed by atoms with Crippen LogP contribution in [0, 0.1) is 0 Å². The lowest BCUT2D eigenvalue weighted by molar-refractivity contribution is 0.402. The van der Waals surface area contributed by atoms with Gasteiger partial charge in [0.25, 0.3) is 0 Å². The number of hydrogen-bond acceptors (Lipinski definition) is 2. The molecule has 2 aromatic rings. The van der Waals surface area contributed by atoms with Gasteiger partial charge in [0, 0.05) is 10.0 Å². The third kappa shape index (κ3) is 3.28. The fraction of sp³-hybridized carbons (Fsp3) is 0.0769. The second-order valence-corrected chi connectivity index (χ2v) is 5.58. The number of ether oxygens (including phenoxy) is 1. The Kier molecular flexibility index (Phi) is 4.47. The van der Waals surface area contributed by atoms with Gasteiger partial charge >= 0.3 is 0 Å². The third-order valence-corrected chi connectivity index (χ3v) is 3.68. The van der Waals surface area contributed by atoms with Gasteiger partial charge < -0.3 is 9.29 Å². The summed E-state index contributed by atoms with van der Waals surface area (Å²) in [7, 11) is 1.45. The quantitative estimate of drug-likeness (QED) is 0.861. The smallest absolute Gasteiger partial charge is 0.190 e. The van der Waals surface area contributed by atoms with Crippen LogP contribution in [0.2, 0.25) is 10.0 Å². The summed E-state index contributed by atoms with van der Waals surface area (Å²) < 4.78 is 25.6. The van der Waals surface area contributed by atoms with Gasteiger partial charge in [-0.1, -0.05) is 29.3 Å². The maximum Gasteiger partial charge on any atom is 0.190 e. The highest BCUT2D eigenvalue weighted by atomic mass is 35.5. The number of halogens is 2. The Labute approximate surface area is 123 Å². The Hall–Kier alpha value is -1.07. The van der Waals surface area contributed by atoms with Crippen LogP contribution in [0.4, 0.5) is 0 Å². The summed E-state index contributed by atoms with van der Waals surface area (Å²) in [5.74, 6) is 0.359. The molecular formula is C13H10Cl2O3S. The van der Waals surface area contributed by atoms with Crippen molar-refractivity contribution in [1.82, 2.24) is 0 Å². The topological polar surface area (TPSA) is 46.5 Å². The van der Waals surface area contributed by atoms with Gasteiger partial charge in [0.15, 0.2) is 11.1 Å². The standard InChI is InChI=1S/C13H10Cl2O3S/c1-18-12-3-2-8(6-13(12)19(16)17)9-4-10(14)7-11(15)5-9/h2-7H,1H3,(H,16,17). The van der Waals surface area contributed by atoms with E-state index in [0.717, 1.165) is 11.1 Å². The normalized spacial score (nSPS) is 12.2. The highest BCUT2D eigenvalue weighted by Gasteiger charge is 2.11. The molecule has 0 saturated carbocycles. The van der Waals surface area contributed by atoms with Crippen molar-refractivity contribution in [1.29, 1.82) is 0 Å². The van der Waals surface area contributed by atoms with Crippen LogP contribution >= 0.6 is 23.2 Å². The molecule has 0 saturated heterocycles. The average Bonchev–Trinajstić information content (AvgIpc) is 2.36. The Morgan fingerprint density at radius 2 is 1.68 bits per heavy atom. The first-order chi connectivity index (χ1) is 9.01. The zero-order chi connectivity index (χ0) is 14.0. The summed E-state index contributed by atoms with van der Waals surface area (Å²) in [5.41, 5.74) is 1.51. The summed E-state index contributed by atoms with van der Waals surface area (Å²) in [4.78, 5) is 0.205. The van der Waals surface area contributed by atoms with Crippen molar-refractivity contribution < 1.29 is 13.5 Å². The van der Waals surface area contributed by atoms with Gasteiger partial charge in [0.05, 0.1) is 7.11 Å². The zero-order valence-corrected chi connectivity index (χ0v) is 12.2. The fourth-order valence-corrected chi connectivity index (χ4v) is 2.79. The molecule has 19 heavy (non-hydrogen) atoms. The molecule has 0 amide bonds. The molecule has 1 N–H and O–H groups in total. The monoisotopic (exact) mass is 316 g/mol. The average molecular weight is 317 g/mol. The molecule has 0 spiro atoms. The molecule has 0 aliphatic carbocycles. The molecule has 1 atom stereocenters. The van der Waals surface area contributed by atoms with E-state index in [1.165, 1.54) is 7.11 Å². The van der Waals surface area contributed by atoms with Crippen LogP contribution in [0.5, 0.6) is 5.75 Å². The van der Waals surface area contributed by atoms with Crippen LogP contribution in [0.1, 0.15) is 0 Å². The molecule has 0 aromatic heterocycles. The van der Waals surface area contributed by atoms with E-state index >= 15 is 0 Å². The fourth-order valence-electron chi connectivity index (χ4n) is 1.71. The molecule has 0 bridgehead atoms. The maximum absolute atomic E-state index is 11.3. The highest BCUT2D eigenvalue weighted by molar-refractivity contribution is 7.79. The van der Waals surface area contributed by atoms with Gasteiger partial charge in [-0.05, 0) is 41.5 Å². The molecular weight excluding hydrogens is 307 g/mol. The van der Waals surface area contributed by atoms with Gasteiger partial charge in [-0.15, -0.1) is 0 Å². The molecule has 0 fully saturated rings. The summed E-state index contributed by atoms with van der Waals surface area (Å²) in [6.07, 6.45) is 0. The van der Waals surface area contributed by atoms with E-state index in [1.54, 1.807) is 36.4 Å². The van der Waals surface area contributed by atoms with Crippen LogP contribution in [0.3, 0.4) is 0 Å². The molecule has 0 radical (unpaired) electrons. The Bertz CT molecular complexity index is 624. The molecule has 100 valence electrons. The van der Waals surface area contributed by atoms with E-state index in [-0.39, 0.29) is 4.90 Å². The molecule has 0 aliphatic heterocycles. The minimum atomic E-state index is -2.13. The third-order valence-electron chi connectivity index (χ3n) is 2.55. The second-order valence-electron chi connectivity index (χ2n) is 3.77. The molecule has 6 heteroatoms. The first kappa shape index (κ1) is 14.3. The van der Waals surface area contributed by atoms with Crippen molar-refractivity contribution in [3.05, 3.63) is 46.4 Å². The number of hydrogen-bond donors (Lipinski definition) is 1. The Morgan fingerprint density at radius 3 is 2.21 bits per heavy atom. The van der Waals surface area contributed by atoms with Crippen LogP contribution in [-0.4, -0.2) is 15.9 Å². The van der Waals surface area contributed by atoms with Gasteiger partial charge in [-0.2, -0.15) is 0 Å². The van der Waals surface area contributed by atoms with Gasteiger partial charge in [0.1, 0.15) is 10.6 Å². The Balaban J connectivity index is 2.57. The molecule has 3 nitrogen and oxygen atoms in total. The van der Waals surface area contributed by atoms with E-state index in [0.29, 0.717) is 15.8 Å². The SMILES string of the molecule is COc1ccc(-c2cc(Cl)cc(Cl)c2)cc1S(=O)O. The molecule has 0 aliphatic rings. The second kappa shape index (κ2) is 5.92. The minimum Gasteiger partial charge on any atom is -0.495 e. The van der Waals surface area contributed by atoms with E-state index in [2.05, 4.69) is 0 Å². The van der Waals surface area contributed by atoms with Crippen molar-refractivity contribution in [2.45, 2.75) is 4.90 Å². The predicted octanol–water partition coefficient (Wildman–Crippen LogP) is 4.25. The predicted molar refractivity (Wildman–Crippen MR) is 77.5 cm³/mol. The van der Waals surface area contributed by atoms with E-state index in [4.69, 9.17) is 27.9 Å². The highest BCUT2D eigenvalue weighted by Crippen LogP contribution is 2.31. The Morgan fingerprint density at radius 1 is 1.05 bits per heavy atom. The summed E-state index contributed by atoms with van der Waals surface area (Å²) in [6, 6.07) is 10.1. The molecule has 2 rings (SSSR count). The van der Waals surface area contributed by atoms with Crippen molar-refractivity contribution in [2.75, 3.05) is 7.11 Å². The molecule has 0 heterocycles.